The van der Waals surface area contributed by atoms with Crippen LogP contribution in [0.1, 0.15) is 45.1 Å². The van der Waals surface area contributed by atoms with Gasteiger partial charge in [0.1, 0.15) is 5.82 Å². The second-order valence-electron chi connectivity index (χ2n) is 4.62. The van der Waals surface area contributed by atoms with E-state index >= 15 is 0 Å². The fraction of sp³-hybridized carbons (Fsp3) is 0.600. The largest absolute Gasteiger partial charge is 0.314 e. The molecule has 1 N–H and O–H groups in total. The first-order chi connectivity index (χ1) is 8.26. The van der Waals surface area contributed by atoms with Gasteiger partial charge >= 0.3 is 0 Å². The van der Waals surface area contributed by atoms with Crippen LogP contribution in [0.2, 0.25) is 0 Å². The average molecular weight is 237 g/mol. The van der Waals surface area contributed by atoms with Crippen LogP contribution in [0.3, 0.4) is 0 Å². The van der Waals surface area contributed by atoms with Crippen LogP contribution in [0.15, 0.2) is 24.3 Å². The third-order valence-corrected chi connectivity index (χ3v) is 2.98. The topological polar surface area (TPSA) is 12.0 Å². The minimum Gasteiger partial charge on any atom is -0.314 e. The van der Waals surface area contributed by atoms with Crippen molar-refractivity contribution >= 4 is 0 Å². The molecule has 0 aromatic heterocycles. The molecule has 0 spiro atoms. The van der Waals surface area contributed by atoms with Crippen LogP contribution in [0, 0.1) is 5.82 Å². The van der Waals surface area contributed by atoms with Gasteiger partial charge in [0.05, 0.1) is 0 Å². The van der Waals surface area contributed by atoms with Crippen molar-refractivity contribution in [2.75, 3.05) is 6.54 Å². The first-order valence-corrected chi connectivity index (χ1v) is 6.74. The molecule has 2 heteroatoms. The van der Waals surface area contributed by atoms with Crippen molar-refractivity contribution in [3.63, 3.8) is 0 Å². The predicted octanol–water partition coefficient (Wildman–Crippen LogP) is 3.93. The zero-order valence-corrected chi connectivity index (χ0v) is 11.0. The average Bonchev–Trinajstić information content (AvgIpc) is 2.35. The molecule has 0 aliphatic rings. The molecule has 0 saturated heterocycles. The lowest BCUT2D eigenvalue weighted by atomic mass is 10.0. The summed E-state index contributed by atoms with van der Waals surface area (Å²) in [5.74, 6) is -0.152. The Kier molecular flexibility index (Phi) is 6.87. The molecule has 0 fully saturated rings. The van der Waals surface area contributed by atoms with E-state index in [4.69, 9.17) is 0 Å². The summed E-state index contributed by atoms with van der Waals surface area (Å²) in [6.45, 7) is 5.46. The number of benzene rings is 1. The highest BCUT2D eigenvalue weighted by Gasteiger charge is 2.08. The third kappa shape index (κ3) is 5.83. The molecule has 0 bridgehead atoms. The summed E-state index contributed by atoms with van der Waals surface area (Å²) in [6, 6.07) is 7.40. The molecule has 1 unspecified atom stereocenters. The lowest BCUT2D eigenvalue weighted by Gasteiger charge is -2.18. The van der Waals surface area contributed by atoms with E-state index in [1.807, 2.05) is 12.1 Å². The summed E-state index contributed by atoms with van der Waals surface area (Å²) in [5.41, 5.74) is 1.22. The minimum atomic E-state index is -0.152. The van der Waals surface area contributed by atoms with E-state index in [2.05, 4.69) is 19.2 Å². The van der Waals surface area contributed by atoms with Crippen LogP contribution in [-0.2, 0) is 6.42 Å². The smallest absolute Gasteiger partial charge is 0.123 e. The van der Waals surface area contributed by atoms with Crippen molar-refractivity contribution in [3.8, 4) is 0 Å². The summed E-state index contributed by atoms with van der Waals surface area (Å²) >= 11 is 0. The highest BCUT2D eigenvalue weighted by atomic mass is 19.1. The number of nitrogens with one attached hydrogen (secondary N) is 1. The van der Waals surface area contributed by atoms with E-state index in [1.54, 1.807) is 12.1 Å². The van der Waals surface area contributed by atoms with Gasteiger partial charge in [0.2, 0.25) is 0 Å². The van der Waals surface area contributed by atoms with Crippen molar-refractivity contribution in [2.24, 2.45) is 0 Å². The van der Waals surface area contributed by atoms with Gasteiger partial charge in [-0.3, -0.25) is 0 Å². The standard InChI is InChI=1S/C15H24FN/c1-3-5-6-15(17-11-4-2)12-13-7-9-14(16)10-8-13/h7-10,15,17H,3-6,11-12H2,1-2H3. The van der Waals surface area contributed by atoms with Gasteiger partial charge in [0.25, 0.3) is 0 Å². The number of rotatable bonds is 8. The Bertz CT molecular complexity index is 286. The number of unbranched alkanes of at least 4 members (excludes halogenated alkanes) is 1. The van der Waals surface area contributed by atoms with Crippen LogP contribution >= 0.6 is 0 Å². The maximum Gasteiger partial charge on any atom is 0.123 e. The van der Waals surface area contributed by atoms with Crippen LogP contribution in [-0.4, -0.2) is 12.6 Å². The van der Waals surface area contributed by atoms with Crippen LogP contribution < -0.4 is 5.32 Å². The Morgan fingerprint density at radius 3 is 2.41 bits per heavy atom. The first-order valence-electron chi connectivity index (χ1n) is 6.74. The molecule has 0 radical (unpaired) electrons. The van der Waals surface area contributed by atoms with Crippen molar-refractivity contribution in [1.29, 1.82) is 0 Å². The molecule has 1 atom stereocenters. The van der Waals surface area contributed by atoms with E-state index in [0.717, 1.165) is 19.4 Å². The van der Waals surface area contributed by atoms with Crippen molar-refractivity contribution < 1.29 is 4.39 Å². The molecular weight excluding hydrogens is 213 g/mol. The molecule has 0 amide bonds. The normalized spacial score (nSPS) is 12.6. The van der Waals surface area contributed by atoms with Gasteiger partial charge in [-0.1, -0.05) is 38.8 Å². The summed E-state index contributed by atoms with van der Waals surface area (Å²) < 4.78 is 12.8. The number of hydrogen-bond donors (Lipinski definition) is 1. The first kappa shape index (κ1) is 14.2. The summed E-state index contributed by atoms with van der Waals surface area (Å²) in [5, 5.41) is 3.57. The van der Waals surface area contributed by atoms with Gasteiger partial charge in [-0.05, 0) is 43.5 Å². The van der Waals surface area contributed by atoms with E-state index in [-0.39, 0.29) is 5.82 Å². The molecule has 0 aliphatic carbocycles. The minimum absolute atomic E-state index is 0.152. The van der Waals surface area contributed by atoms with Crippen LogP contribution in [0.25, 0.3) is 0 Å². The monoisotopic (exact) mass is 237 g/mol. The van der Waals surface area contributed by atoms with Crippen molar-refractivity contribution in [1.82, 2.24) is 5.32 Å². The van der Waals surface area contributed by atoms with E-state index in [9.17, 15) is 4.39 Å². The summed E-state index contributed by atoms with van der Waals surface area (Å²) in [4.78, 5) is 0. The fourth-order valence-electron chi connectivity index (χ4n) is 1.98. The maximum absolute atomic E-state index is 12.8. The fourth-order valence-corrected chi connectivity index (χ4v) is 1.98. The molecule has 1 aromatic rings. The van der Waals surface area contributed by atoms with E-state index in [1.165, 1.54) is 24.8 Å². The van der Waals surface area contributed by atoms with Gasteiger partial charge in [0.15, 0.2) is 0 Å². The number of hydrogen-bond acceptors (Lipinski definition) is 1. The van der Waals surface area contributed by atoms with Gasteiger partial charge in [0, 0.05) is 6.04 Å². The van der Waals surface area contributed by atoms with E-state index in [0.29, 0.717) is 6.04 Å². The second-order valence-corrected chi connectivity index (χ2v) is 4.62. The molecule has 0 saturated carbocycles. The van der Waals surface area contributed by atoms with Crippen molar-refractivity contribution in [2.45, 2.75) is 52.0 Å². The molecule has 96 valence electrons. The quantitative estimate of drug-likeness (QED) is 0.722. The molecule has 1 nitrogen and oxygen atoms in total. The summed E-state index contributed by atoms with van der Waals surface area (Å²) in [7, 11) is 0. The molecule has 0 aliphatic heterocycles. The SMILES string of the molecule is CCCCC(Cc1ccc(F)cc1)NCCC. The van der Waals surface area contributed by atoms with Crippen LogP contribution in [0.4, 0.5) is 4.39 Å². The van der Waals surface area contributed by atoms with Gasteiger partial charge in [-0.2, -0.15) is 0 Å². The van der Waals surface area contributed by atoms with Crippen molar-refractivity contribution in [3.05, 3.63) is 35.6 Å². The maximum atomic E-state index is 12.8. The summed E-state index contributed by atoms with van der Waals surface area (Å²) in [6.07, 6.45) is 5.84. The molecular formula is C15H24FN. The molecule has 17 heavy (non-hydrogen) atoms. The van der Waals surface area contributed by atoms with Crippen LogP contribution in [0.5, 0.6) is 0 Å². The zero-order chi connectivity index (χ0) is 12.5. The molecule has 0 heterocycles. The Morgan fingerprint density at radius 1 is 1.12 bits per heavy atom. The third-order valence-electron chi connectivity index (χ3n) is 2.98. The Hall–Kier alpha value is -0.890. The Morgan fingerprint density at radius 2 is 1.82 bits per heavy atom. The lowest BCUT2D eigenvalue weighted by Crippen LogP contribution is -2.31. The second kappa shape index (κ2) is 8.24. The predicted molar refractivity (Wildman–Crippen MR) is 71.7 cm³/mol. The van der Waals surface area contributed by atoms with Gasteiger partial charge in [-0.15, -0.1) is 0 Å². The lowest BCUT2D eigenvalue weighted by molar-refractivity contribution is 0.462. The molecule has 1 aromatic carbocycles. The Balaban J connectivity index is 2.48. The highest BCUT2D eigenvalue weighted by molar-refractivity contribution is 5.17. The van der Waals surface area contributed by atoms with Gasteiger partial charge < -0.3 is 5.32 Å². The van der Waals surface area contributed by atoms with Gasteiger partial charge in [-0.25, -0.2) is 4.39 Å². The zero-order valence-electron chi connectivity index (χ0n) is 11.0. The highest BCUT2D eigenvalue weighted by Crippen LogP contribution is 2.10. The molecule has 1 rings (SSSR count). The number of halogens is 1. The van der Waals surface area contributed by atoms with E-state index < -0.39 is 0 Å². The Labute approximate surface area is 104 Å².